The highest BCUT2D eigenvalue weighted by molar-refractivity contribution is 5.93. The fraction of sp³-hybridized carbons (Fsp3) is 0.316. The second-order valence-electron chi connectivity index (χ2n) is 5.58. The summed E-state index contributed by atoms with van der Waals surface area (Å²) >= 11 is 0. The lowest BCUT2D eigenvalue weighted by molar-refractivity contribution is -0.124. The SMILES string of the molecule is COc1ccc(CCNC(=O)CCC(=O)Nc2cccnc2)cc1OC. The minimum absolute atomic E-state index is 0.122. The maximum absolute atomic E-state index is 11.9. The van der Waals surface area contributed by atoms with Gasteiger partial charge in [-0.1, -0.05) is 6.07 Å². The summed E-state index contributed by atoms with van der Waals surface area (Å²) in [5.41, 5.74) is 1.64. The Morgan fingerprint density at radius 1 is 1.04 bits per heavy atom. The van der Waals surface area contributed by atoms with Gasteiger partial charge in [0.1, 0.15) is 0 Å². The molecule has 0 unspecified atom stereocenters. The van der Waals surface area contributed by atoms with E-state index in [1.807, 2.05) is 18.2 Å². The number of carbonyl (C=O) groups excluding carboxylic acids is 2. The average Bonchev–Trinajstić information content (AvgIpc) is 2.67. The van der Waals surface area contributed by atoms with Crippen LogP contribution in [0.4, 0.5) is 5.69 Å². The Labute approximate surface area is 152 Å². The molecule has 0 radical (unpaired) electrons. The number of hydrogen-bond acceptors (Lipinski definition) is 5. The van der Waals surface area contributed by atoms with Crippen LogP contribution in [0, 0.1) is 0 Å². The highest BCUT2D eigenvalue weighted by Gasteiger charge is 2.08. The molecule has 7 heteroatoms. The molecule has 0 saturated heterocycles. The van der Waals surface area contributed by atoms with Gasteiger partial charge in [-0.3, -0.25) is 14.6 Å². The minimum atomic E-state index is -0.215. The Morgan fingerprint density at radius 3 is 2.50 bits per heavy atom. The molecule has 0 spiro atoms. The van der Waals surface area contributed by atoms with Crippen molar-refractivity contribution in [3.8, 4) is 11.5 Å². The van der Waals surface area contributed by atoms with Crippen LogP contribution in [-0.4, -0.2) is 37.6 Å². The third kappa shape index (κ3) is 6.08. The summed E-state index contributed by atoms with van der Waals surface area (Å²) in [6.45, 7) is 0.485. The molecule has 0 saturated carbocycles. The van der Waals surface area contributed by atoms with Crippen LogP contribution in [0.25, 0.3) is 0 Å². The number of anilines is 1. The van der Waals surface area contributed by atoms with Gasteiger partial charge in [0.2, 0.25) is 11.8 Å². The molecular formula is C19H23N3O4. The molecular weight excluding hydrogens is 334 g/mol. The van der Waals surface area contributed by atoms with Crippen LogP contribution < -0.4 is 20.1 Å². The molecule has 0 aliphatic carbocycles. The van der Waals surface area contributed by atoms with Crippen molar-refractivity contribution in [1.82, 2.24) is 10.3 Å². The Morgan fingerprint density at radius 2 is 1.81 bits per heavy atom. The summed E-state index contributed by atoms with van der Waals surface area (Å²) in [5.74, 6) is 0.947. The second-order valence-corrected chi connectivity index (χ2v) is 5.58. The fourth-order valence-electron chi connectivity index (χ4n) is 2.36. The van der Waals surface area contributed by atoms with Gasteiger partial charge in [0, 0.05) is 25.6 Å². The van der Waals surface area contributed by atoms with Crippen LogP contribution in [0.5, 0.6) is 11.5 Å². The first kappa shape index (κ1) is 19.2. The van der Waals surface area contributed by atoms with E-state index in [1.54, 1.807) is 38.7 Å². The van der Waals surface area contributed by atoms with Crippen molar-refractivity contribution in [2.24, 2.45) is 0 Å². The van der Waals surface area contributed by atoms with Crippen molar-refractivity contribution < 1.29 is 19.1 Å². The largest absolute Gasteiger partial charge is 0.493 e. The fourth-order valence-corrected chi connectivity index (χ4v) is 2.36. The second kappa shape index (κ2) is 10.0. The van der Waals surface area contributed by atoms with E-state index in [0.29, 0.717) is 30.2 Å². The number of carbonyl (C=O) groups is 2. The van der Waals surface area contributed by atoms with Crippen LogP contribution in [0.1, 0.15) is 18.4 Å². The summed E-state index contributed by atoms with van der Waals surface area (Å²) in [6.07, 6.45) is 4.10. The molecule has 2 N–H and O–H groups in total. The number of aromatic nitrogens is 1. The van der Waals surface area contributed by atoms with E-state index in [2.05, 4.69) is 15.6 Å². The monoisotopic (exact) mass is 357 g/mol. The number of amides is 2. The number of nitrogens with one attached hydrogen (secondary N) is 2. The minimum Gasteiger partial charge on any atom is -0.493 e. The van der Waals surface area contributed by atoms with Crippen LogP contribution >= 0.6 is 0 Å². The molecule has 1 heterocycles. The molecule has 0 aliphatic heterocycles. The first-order chi connectivity index (χ1) is 12.6. The van der Waals surface area contributed by atoms with Crippen molar-refractivity contribution in [2.45, 2.75) is 19.3 Å². The Balaban J connectivity index is 1.69. The van der Waals surface area contributed by atoms with Crippen molar-refractivity contribution in [2.75, 3.05) is 26.1 Å². The average molecular weight is 357 g/mol. The Bertz CT molecular complexity index is 735. The normalized spacial score (nSPS) is 10.1. The maximum Gasteiger partial charge on any atom is 0.224 e. The summed E-state index contributed by atoms with van der Waals surface area (Å²) in [7, 11) is 3.17. The number of hydrogen-bond donors (Lipinski definition) is 2. The summed E-state index contributed by atoms with van der Waals surface area (Å²) < 4.78 is 10.5. The summed E-state index contributed by atoms with van der Waals surface area (Å²) in [6, 6.07) is 9.12. The standard InChI is InChI=1S/C19H23N3O4/c1-25-16-6-5-14(12-17(16)26-2)9-11-21-18(23)7-8-19(24)22-15-4-3-10-20-13-15/h3-6,10,12-13H,7-9,11H2,1-2H3,(H,21,23)(H,22,24). The first-order valence-corrected chi connectivity index (χ1v) is 8.30. The zero-order valence-corrected chi connectivity index (χ0v) is 15.0. The molecule has 1 aromatic carbocycles. The predicted octanol–water partition coefficient (Wildman–Crippen LogP) is 2.18. The maximum atomic E-state index is 11.9. The lowest BCUT2D eigenvalue weighted by Gasteiger charge is -2.10. The van der Waals surface area contributed by atoms with Crippen LogP contribution in [0.2, 0.25) is 0 Å². The summed E-state index contributed by atoms with van der Waals surface area (Å²) in [5, 5.41) is 5.51. The van der Waals surface area contributed by atoms with E-state index in [4.69, 9.17) is 9.47 Å². The molecule has 138 valence electrons. The lowest BCUT2D eigenvalue weighted by Crippen LogP contribution is -2.26. The van der Waals surface area contributed by atoms with E-state index in [0.717, 1.165) is 5.56 Å². The molecule has 2 aromatic rings. The molecule has 2 amide bonds. The summed E-state index contributed by atoms with van der Waals surface area (Å²) in [4.78, 5) is 27.6. The smallest absolute Gasteiger partial charge is 0.224 e. The number of benzene rings is 1. The quantitative estimate of drug-likeness (QED) is 0.718. The molecule has 0 aliphatic rings. The zero-order chi connectivity index (χ0) is 18.8. The van der Waals surface area contributed by atoms with Gasteiger partial charge >= 0.3 is 0 Å². The molecule has 0 bridgehead atoms. The molecule has 1 aromatic heterocycles. The number of rotatable bonds is 9. The van der Waals surface area contributed by atoms with Crippen molar-refractivity contribution in [1.29, 1.82) is 0 Å². The van der Waals surface area contributed by atoms with Gasteiger partial charge in [-0.25, -0.2) is 0 Å². The van der Waals surface area contributed by atoms with Crippen LogP contribution in [0.15, 0.2) is 42.7 Å². The third-order valence-electron chi connectivity index (χ3n) is 3.71. The molecule has 0 atom stereocenters. The van der Waals surface area contributed by atoms with Gasteiger partial charge < -0.3 is 20.1 Å². The number of pyridine rings is 1. The van der Waals surface area contributed by atoms with E-state index in [9.17, 15) is 9.59 Å². The van der Waals surface area contributed by atoms with Gasteiger partial charge in [0.05, 0.1) is 26.1 Å². The van der Waals surface area contributed by atoms with Gasteiger partial charge in [0.15, 0.2) is 11.5 Å². The third-order valence-corrected chi connectivity index (χ3v) is 3.71. The van der Waals surface area contributed by atoms with Crippen molar-refractivity contribution in [3.05, 3.63) is 48.3 Å². The molecule has 26 heavy (non-hydrogen) atoms. The van der Waals surface area contributed by atoms with Gasteiger partial charge in [-0.2, -0.15) is 0 Å². The van der Waals surface area contributed by atoms with Gasteiger partial charge in [0.25, 0.3) is 0 Å². The van der Waals surface area contributed by atoms with Crippen LogP contribution in [0.3, 0.4) is 0 Å². The highest BCUT2D eigenvalue weighted by atomic mass is 16.5. The zero-order valence-electron chi connectivity index (χ0n) is 15.0. The molecule has 0 fully saturated rings. The van der Waals surface area contributed by atoms with Crippen molar-refractivity contribution >= 4 is 17.5 Å². The van der Waals surface area contributed by atoms with E-state index >= 15 is 0 Å². The number of ether oxygens (including phenoxy) is 2. The molecule has 2 rings (SSSR count). The molecule has 7 nitrogen and oxygen atoms in total. The van der Waals surface area contributed by atoms with E-state index < -0.39 is 0 Å². The predicted molar refractivity (Wildman–Crippen MR) is 98.4 cm³/mol. The van der Waals surface area contributed by atoms with Gasteiger partial charge in [-0.15, -0.1) is 0 Å². The topological polar surface area (TPSA) is 89.5 Å². The van der Waals surface area contributed by atoms with Crippen molar-refractivity contribution in [3.63, 3.8) is 0 Å². The number of nitrogens with zero attached hydrogens (tertiary/aromatic N) is 1. The Hall–Kier alpha value is -3.09. The van der Waals surface area contributed by atoms with Gasteiger partial charge in [-0.05, 0) is 36.2 Å². The Kier molecular flexibility index (Phi) is 7.42. The lowest BCUT2D eigenvalue weighted by atomic mass is 10.1. The van der Waals surface area contributed by atoms with E-state index in [1.165, 1.54) is 0 Å². The van der Waals surface area contributed by atoms with E-state index in [-0.39, 0.29) is 24.7 Å². The first-order valence-electron chi connectivity index (χ1n) is 8.30. The van der Waals surface area contributed by atoms with Crippen LogP contribution in [-0.2, 0) is 16.0 Å². The highest BCUT2D eigenvalue weighted by Crippen LogP contribution is 2.27. The number of methoxy groups -OCH3 is 2.